The number of para-hydroxylation sites is 2. The Morgan fingerprint density at radius 2 is 1.62 bits per heavy atom. The Labute approximate surface area is 161 Å². The van der Waals surface area contributed by atoms with Crippen LogP contribution in [0.25, 0.3) is 11.0 Å². The third-order valence-corrected chi connectivity index (χ3v) is 4.01. The van der Waals surface area contributed by atoms with Gasteiger partial charge in [-0.15, -0.1) is 12.4 Å². The maximum atomic E-state index is 5.95. The van der Waals surface area contributed by atoms with E-state index in [0.29, 0.717) is 13.2 Å². The Balaban J connectivity index is 0.00000243. The van der Waals surface area contributed by atoms with Gasteiger partial charge in [0.2, 0.25) is 0 Å². The van der Waals surface area contributed by atoms with Crippen LogP contribution in [0.15, 0.2) is 48.5 Å². The molecule has 140 valence electrons. The van der Waals surface area contributed by atoms with E-state index in [1.165, 1.54) is 0 Å². The Kier molecular flexibility index (Phi) is 7.30. The summed E-state index contributed by atoms with van der Waals surface area (Å²) >= 11 is 0. The van der Waals surface area contributed by atoms with E-state index in [0.717, 1.165) is 41.4 Å². The summed E-state index contributed by atoms with van der Waals surface area (Å²) in [5.74, 6) is 2.61. The molecule has 3 rings (SSSR count). The van der Waals surface area contributed by atoms with E-state index in [2.05, 4.69) is 29.6 Å². The van der Waals surface area contributed by atoms with Crippen LogP contribution in [-0.2, 0) is 13.2 Å². The van der Waals surface area contributed by atoms with Gasteiger partial charge >= 0.3 is 0 Å². The number of ether oxygens (including phenoxy) is 2. The molecule has 0 unspecified atom stereocenters. The van der Waals surface area contributed by atoms with Gasteiger partial charge in [-0.3, -0.25) is 0 Å². The van der Waals surface area contributed by atoms with Gasteiger partial charge in [-0.25, -0.2) is 4.98 Å². The second-order valence-corrected chi connectivity index (χ2v) is 6.16. The summed E-state index contributed by atoms with van der Waals surface area (Å²) < 4.78 is 13.7. The molecule has 1 heterocycles. The van der Waals surface area contributed by atoms with Gasteiger partial charge in [-0.1, -0.05) is 12.1 Å². The third-order valence-electron chi connectivity index (χ3n) is 4.01. The molecular weight excluding hydrogens is 350 g/mol. The number of halogens is 1. The summed E-state index contributed by atoms with van der Waals surface area (Å²) in [6.45, 7) is 4.92. The SMILES string of the molecule is CCOc1ccc(OCc2nc3ccccc3n2CCN(C)C)cc1.Cl. The summed E-state index contributed by atoms with van der Waals surface area (Å²) in [5.41, 5.74) is 2.15. The zero-order valence-electron chi connectivity index (χ0n) is 15.5. The van der Waals surface area contributed by atoms with E-state index >= 15 is 0 Å². The molecule has 0 bridgehead atoms. The van der Waals surface area contributed by atoms with Gasteiger partial charge < -0.3 is 18.9 Å². The lowest BCUT2D eigenvalue weighted by molar-refractivity contribution is 0.285. The highest BCUT2D eigenvalue weighted by molar-refractivity contribution is 5.85. The van der Waals surface area contributed by atoms with Crippen molar-refractivity contribution in [3.05, 3.63) is 54.4 Å². The number of hydrogen-bond acceptors (Lipinski definition) is 4. The molecule has 0 aliphatic rings. The van der Waals surface area contributed by atoms with Gasteiger partial charge in [0.15, 0.2) is 0 Å². The first-order valence-corrected chi connectivity index (χ1v) is 8.62. The first-order valence-electron chi connectivity index (χ1n) is 8.62. The Morgan fingerprint density at radius 3 is 2.27 bits per heavy atom. The van der Waals surface area contributed by atoms with E-state index < -0.39 is 0 Å². The molecule has 0 saturated heterocycles. The van der Waals surface area contributed by atoms with Crippen LogP contribution < -0.4 is 9.47 Å². The summed E-state index contributed by atoms with van der Waals surface area (Å²) in [5, 5.41) is 0. The zero-order chi connectivity index (χ0) is 17.6. The predicted molar refractivity (Wildman–Crippen MR) is 107 cm³/mol. The standard InChI is InChI=1S/C20H25N3O2.ClH/c1-4-24-16-9-11-17(12-10-16)25-15-20-21-18-7-5-6-8-19(18)23(20)14-13-22(2)3;/h5-12H,4,13-15H2,1-3H3;1H. The molecule has 3 aromatic rings. The lowest BCUT2D eigenvalue weighted by Gasteiger charge is -2.14. The van der Waals surface area contributed by atoms with Gasteiger partial charge in [-0.2, -0.15) is 0 Å². The quantitative estimate of drug-likeness (QED) is 0.596. The van der Waals surface area contributed by atoms with Crippen LogP contribution in [0.4, 0.5) is 0 Å². The van der Waals surface area contributed by atoms with Crippen LogP contribution in [0.5, 0.6) is 11.5 Å². The van der Waals surface area contributed by atoms with Crippen molar-refractivity contribution in [2.24, 2.45) is 0 Å². The minimum Gasteiger partial charge on any atom is -0.494 e. The molecule has 5 nitrogen and oxygen atoms in total. The van der Waals surface area contributed by atoms with Crippen molar-refractivity contribution in [2.75, 3.05) is 27.2 Å². The monoisotopic (exact) mass is 375 g/mol. The number of hydrogen-bond donors (Lipinski definition) is 0. The minimum absolute atomic E-state index is 0. The summed E-state index contributed by atoms with van der Waals surface area (Å²) in [7, 11) is 4.16. The fourth-order valence-corrected chi connectivity index (χ4v) is 2.73. The topological polar surface area (TPSA) is 39.5 Å². The largest absolute Gasteiger partial charge is 0.494 e. The average Bonchev–Trinajstić information content (AvgIpc) is 2.97. The Morgan fingerprint density at radius 1 is 0.962 bits per heavy atom. The Bertz CT molecular complexity index is 816. The molecule has 0 radical (unpaired) electrons. The van der Waals surface area contributed by atoms with E-state index in [9.17, 15) is 0 Å². The van der Waals surface area contributed by atoms with Crippen LogP contribution in [0, 0.1) is 0 Å². The molecule has 1 aromatic heterocycles. The number of likely N-dealkylation sites (N-methyl/N-ethyl adjacent to an activating group) is 1. The minimum atomic E-state index is 0. The molecule has 0 saturated carbocycles. The van der Waals surface area contributed by atoms with Gasteiger partial charge in [0.05, 0.1) is 17.6 Å². The molecule has 0 aliphatic heterocycles. The highest BCUT2D eigenvalue weighted by Crippen LogP contribution is 2.20. The van der Waals surface area contributed by atoms with Crippen molar-refractivity contribution >= 4 is 23.4 Å². The number of imidazole rings is 1. The van der Waals surface area contributed by atoms with Crippen molar-refractivity contribution in [3.8, 4) is 11.5 Å². The highest BCUT2D eigenvalue weighted by atomic mass is 35.5. The first kappa shape index (κ1) is 20.1. The summed E-state index contributed by atoms with van der Waals surface area (Å²) in [4.78, 5) is 6.92. The first-order chi connectivity index (χ1) is 12.2. The fraction of sp³-hybridized carbons (Fsp3) is 0.350. The van der Waals surface area contributed by atoms with Crippen LogP contribution in [0.2, 0.25) is 0 Å². The smallest absolute Gasteiger partial charge is 0.148 e. The van der Waals surface area contributed by atoms with Crippen molar-refractivity contribution in [3.63, 3.8) is 0 Å². The lowest BCUT2D eigenvalue weighted by atomic mass is 10.3. The van der Waals surface area contributed by atoms with Crippen molar-refractivity contribution in [2.45, 2.75) is 20.1 Å². The van der Waals surface area contributed by atoms with E-state index in [1.54, 1.807) is 0 Å². The van der Waals surface area contributed by atoms with Crippen LogP contribution >= 0.6 is 12.4 Å². The van der Waals surface area contributed by atoms with Crippen molar-refractivity contribution in [1.29, 1.82) is 0 Å². The number of fused-ring (bicyclic) bond motifs is 1. The molecule has 0 spiro atoms. The molecule has 2 aromatic carbocycles. The zero-order valence-corrected chi connectivity index (χ0v) is 16.3. The molecule has 0 N–H and O–H groups in total. The molecule has 0 atom stereocenters. The number of nitrogens with zero attached hydrogens (tertiary/aromatic N) is 3. The second kappa shape index (κ2) is 9.46. The summed E-state index contributed by atoms with van der Waals surface area (Å²) in [6.07, 6.45) is 0. The second-order valence-electron chi connectivity index (χ2n) is 6.16. The predicted octanol–water partition coefficient (Wildman–Crippen LogP) is 4.00. The van der Waals surface area contributed by atoms with Crippen molar-refractivity contribution < 1.29 is 9.47 Å². The molecule has 6 heteroatoms. The van der Waals surface area contributed by atoms with Crippen LogP contribution in [-0.4, -0.2) is 41.7 Å². The van der Waals surface area contributed by atoms with E-state index in [4.69, 9.17) is 14.5 Å². The van der Waals surface area contributed by atoms with Gasteiger partial charge in [0.25, 0.3) is 0 Å². The number of rotatable bonds is 8. The molecule has 0 amide bonds. The van der Waals surface area contributed by atoms with Crippen LogP contribution in [0.1, 0.15) is 12.7 Å². The molecule has 0 fully saturated rings. The highest BCUT2D eigenvalue weighted by Gasteiger charge is 2.11. The van der Waals surface area contributed by atoms with Gasteiger partial charge in [0.1, 0.15) is 23.9 Å². The summed E-state index contributed by atoms with van der Waals surface area (Å²) in [6, 6.07) is 15.9. The average molecular weight is 376 g/mol. The molecule has 26 heavy (non-hydrogen) atoms. The van der Waals surface area contributed by atoms with Crippen LogP contribution in [0.3, 0.4) is 0 Å². The maximum absolute atomic E-state index is 5.95. The maximum Gasteiger partial charge on any atom is 0.148 e. The molecular formula is C20H26ClN3O2. The number of benzene rings is 2. The lowest BCUT2D eigenvalue weighted by Crippen LogP contribution is -2.20. The Hall–Kier alpha value is -2.24. The van der Waals surface area contributed by atoms with Gasteiger partial charge in [0, 0.05) is 13.1 Å². The van der Waals surface area contributed by atoms with Crippen molar-refractivity contribution in [1.82, 2.24) is 14.5 Å². The normalized spacial score (nSPS) is 10.8. The molecule has 0 aliphatic carbocycles. The fourth-order valence-electron chi connectivity index (χ4n) is 2.73. The third kappa shape index (κ3) is 4.90. The number of aromatic nitrogens is 2. The van der Waals surface area contributed by atoms with E-state index in [-0.39, 0.29) is 12.4 Å². The van der Waals surface area contributed by atoms with E-state index in [1.807, 2.05) is 49.4 Å². The van der Waals surface area contributed by atoms with Gasteiger partial charge in [-0.05, 0) is 57.4 Å².